The maximum absolute atomic E-state index is 12.8. The third-order valence-electron chi connectivity index (χ3n) is 6.00. The molecule has 0 bridgehead atoms. The topological polar surface area (TPSA) is 90.8 Å². The van der Waals surface area contributed by atoms with Gasteiger partial charge in [-0.05, 0) is 49.7 Å². The predicted octanol–water partition coefficient (Wildman–Crippen LogP) is 1.40. The number of carbonyl (C=O) groups excluding carboxylic acids is 2. The van der Waals surface area contributed by atoms with Crippen LogP contribution in [0.3, 0.4) is 0 Å². The molecule has 0 aromatic carbocycles. The Kier molecular flexibility index (Phi) is 4.17. The first-order valence-electron chi connectivity index (χ1n) is 9.23. The summed E-state index contributed by atoms with van der Waals surface area (Å²) in [6.07, 6.45) is 5.48. The molecule has 3 heterocycles. The van der Waals surface area contributed by atoms with Gasteiger partial charge in [0.05, 0.1) is 0 Å². The highest BCUT2D eigenvalue weighted by atomic mass is 16.4. The van der Waals surface area contributed by atoms with Crippen molar-refractivity contribution in [2.24, 2.45) is 11.3 Å². The van der Waals surface area contributed by atoms with Crippen LogP contribution in [0.25, 0.3) is 0 Å². The van der Waals surface area contributed by atoms with Crippen LogP contribution in [-0.4, -0.2) is 63.4 Å². The fraction of sp³-hybridized carbons (Fsp3) is 0.579. The van der Waals surface area contributed by atoms with Gasteiger partial charge in [0.15, 0.2) is 0 Å². The van der Waals surface area contributed by atoms with Crippen LogP contribution < -0.4 is 0 Å². The summed E-state index contributed by atoms with van der Waals surface area (Å²) in [4.78, 5) is 44.3. The number of likely N-dealkylation sites (tertiary alicyclic amines) is 2. The quantitative estimate of drug-likeness (QED) is 0.883. The fourth-order valence-corrected chi connectivity index (χ4v) is 4.28. The van der Waals surface area contributed by atoms with Crippen molar-refractivity contribution in [1.29, 1.82) is 0 Å². The van der Waals surface area contributed by atoms with Crippen molar-refractivity contribution in [3.05, 3.63) is 30.1 Å². The number of piperidine rings is 1. The molecular formula is C19H23N3O4. The molecule has 0 radical (unpaired) electrons. The molecule has 1 atom stereocenters. The summed E-state index contributed by atoms with van der Waals surface area (Å²) in [5.74, 6) is -0.843. The lowest BCUT2D eigenvalue weighted by Crippen LogP contribution is -2.45. The molecule has 7 nitrogen and oxygen atoms in total. The van der Waals surface area contributed by atoms with Gasteiger partial charge in [-0.3, -0.25) is 14.6 Å². The first-order chi connectivity index (χ1) is 12.5. The highest BCUT2D eigenvalue weighted by molar-refractivity contribution is 5.95. The summed E-state index contributed by atoms with van der Waals surface area (Å²) >= 11 is 0. The Balaban J connectivity index is 1.48. The average Bonchev–Trinajstić information content (AvgIpc) is 3.44. The first kappa shape index (κ1) is 17.0. The molecular weight excluding hydrogens is 334 g/mol. The summed E-state index contributed by atoms with van der Waals surface area (Å²) < 4.78 is 0. The Morgan fingerprint density at radius 2 is 1.88 bits per heavy atom. The van der Waals surface area contributed by atoms with E-state index in [0.29, 0.717) is 26.1 Å². The van der Waals surface area contributed by atoms with Gasteiger partial charge in [0.25, 0.3) is 5.91 Å². The Bertz CT molecular complexity index is 724. The molecule has 2 saturated heterocycles. The van der Waals surface area contributed by atoms with Crippen LogP contribution in [0.4, 0.5) is 0 Å². The van der Waals surface area contributed by atoms with Crippen LogP contribution in [0.1, 0.15) is 42.6 Å². The molecule has 1 saturated carbocycles. The number of hydrogen-bond donors (Lipinski definition) is 1. The Morgan fingerprint density at radius 1 is 1.15 bits per heavy atom. The number of amides is 2. The fourth-order valence-electron chi connectivity index (χ4n) is 4.28. The molecule has 2 aliphatic heterocycles. The van der Waals surface area contributed by atoms with E-state index in [2.05, 4.69) is 4.98 Å². The van der Waals surface area contributed by atoms with Crippen molar-refractivity contribution in [1.82, 2.24) is 14.8 Å². The molecule has 3 aliphatic rings. The standard InChI is InChI=1S/C19H23N3O4/c23-16(13-4-5-13)21-9-6-19(7-10-21)11-15(18(25)26)22(12-19)17(24)14-3-1-2-8-20-14/h1-3,8,13,15H,4-7,9-12H2,(H,25,26)/t15-/m1/s1. The third kappa shape index (κ3) is 3.06. The number of carboxylic acids is 1. The summed E-state index contributed by atoms with van der Waals surface area (Å²) in [6, 6.07) is 4.24. The first-order valence-corrected chi connectivity index (χ1v) is 9.23. The van der Waals surface area contributed by atoms with E-state index in [9.17, 15) is 19.5 Å². The van der Waals surface area contributed by atoms with E-state index < -0.39 is 12.0 Å². The second-order valence-electron chi connectivity index (χ2n) is 7.81. The Morgan fingerprint density at radius 3 is 2.46 bits per heavy atom. The molecule has 138 valence electrons. The largest absolute Gasteiger partial charge is 0.480 e. The lowest BCUT2D eigenvalue weighted by molar-refractivity contribution is -0.141. The van der Waals surface area contributed by atoms with E-state index in [1.807, 2.05) is 4.90 Å². The van der Waals surface area contributed by atoms with Gasteiger partial charge in [-0.15, -0.1) is 0 Å². The van der Waals surface area contributed by atoms with Gasteiger partial charge in [-0.2, -0.15) is 0 Å². The van der Waals surface area contributed by atoms with Crippen LogP contribution in [0, 0.1) is 11.3 Å². The molecule has 4 rings (SSSR count). The van der Waals surface area contributed by atoms with Gasteiger partial charge >= 0.3 is 5.97 Å². The lowest BCUT2D eigenvalue weighted by atomic mass is 9.76. The number of carboxylic acid groups (broad SMARTS) is 1. The Hall–Kier alpha value is -2.44. The molecule has 1 aliphatic carbocycles. The van der Waals surface area contributed by atoms with Crippen LogP contribution >= 0.6 is 0 Å². The zero-order valence-corrected chi connectivity index (χ0v) is 14.6. The Labute approximate surface area is 152 Å². The van der Waals surface area contributed by atoms with Crippen LogP contribution in [0.5, 0.6) is 0 Å². The number of nitrogens with zero attached hydrogens (tertiary/aromatic N) is 3. The maximum atomic E-state index is 12.8. The van der Waals surface area contributed by atoms with E-state index in [4.69, 9.17) is 0 Å². The molecule has 26 heavy (non-hydrogen) atoms. The zero-order chi connectivity index (χ0) is 18.3. The van der Waals surface area contributed by atoms with Gasteiger partial charge < -0.3 is 14.9 Å². The number of carbonyl (C=O) groups is 3. The van der Waals surface area contributed by atoms with Gasteiger partial charge in [0, 0.05) is 31.7 Å². The second kappa shape index (κ2) is 6.37. The minimum absolute atomic E-state index is 0.210. The summed E-state index contributed by atoms with van der Waals surface area (Å²) in [5, 5.41) is 9.64. The number of aromatic nitrogens is 1. The van der Waals surface area contributed by atoms with Crippen molar-refractivity contribution >= 4 is 17.8 Å². The molecule has 1 spiro atoms. The predicted molar refractivity (Wildman–Crippen MR) is 92.3 cm³/mol. The number of pyridine rings is 1. The maximum Gasteiger partial charge on any atom is 0.326 e. The summed E-state index contributed by atoms with van der Waals surface area (Å²) in [6.45, 7) is 1.74. The van der Waals surface area contributed by atoms with Gasteiger partial charge in [-0.25, -0.2) is 4.79 Å². The number of aliphatic carboxylic acids is 1. The van der Waals surface area contributed by atoms with E-state index >= 15 is 0 Å². The monoisotopic (exact) mass is 357 g/mol. The third-order valence-corrected chi connectivity index (χ3v) is 6.00. The summed E-state index contributed by atoms with van der Waals surface area (Å²) in [5.41, 5.74) is 0.0607. The van der Waals surface area contributed by atoms with Crippen molar-refractivity contribution in [3.63, 3.8) is 0 Å². The molecule has 3 fully saturated rings. The molecule has 1 aromatic rings. The van der Waals surface area contributed by atoms with Crippen LogP contribution in [-0.2, 0) is 9.59 Å². The molecule has 7 heteroatoms. The molecule has 2 amide bonds. The van der Waals surface area contributed by atoms with E-state index in [0.717, 1.165) is 25.7 Å². The number of hydrogen-bond acceptors (Lipinski definition) is 4. The lowest BCUT2D eigenvalue weighted by Gasteiger charge is -2.39. The highest BCUT2D eigenvalue weighted by Gasteiger charge is 2.51. The second-order valence-corrected chi connectivity index (χ2v) is 7.81. The summed E-state index contributed by atoms with van der Waals surface area (Å²) in [7, 11) is 0. The van der Waals surface area contributed by atoms with Gasteiger partial charge in [-0.1, -0.05) is 6.07 Å². The van der Waals surface area contributed by atoms with E-state index in [1.165, 1.54) is 11.1 Å². The average molecular weight is 357 g/mol. The normalized spacial score (nSPS) is 24.7. The minimum Gasteiger partial charge on any atom is -0.480 e. The zero-order valence-electron chi connectivity index (χ0n) is 14.6. The minimum atomic E-state index is -0.970. The highest BCUT2D eigenvalue weighted by Crippen LogP contribution is 2.44. The SMILES string of the molecule is O=C(O)[C@H]1CC2(CCN(C(=O)C3CC3)CC2)CN1C(=O)c1ccccn1. The molecule has 0 unspecified atom stereocenters. The molecule has 1 aromatic heterocycles. The van der Waals surface area contributed by atoms with Crippen LogP contribution in [0.2, 0.25) is 0 Å². The van der Waals surface area contributed by atoms with Crippen molar-refractivity contribution in [2.75, 3.05) is 19.6 Å². The number of rotatable bonds is 3. The van der Waals surface area contributed by atoms with Gasteiger partial charge in [0.2, 0.25) is 5.91 Å². The van der Waals surface area contributed by atoms with Crippen molar-refractivity contribution in [3.8, 4) is 0 Å². The van der Waals surface area contributed by atoms with E-state index in [1.54, 1.807) is 18.2 Å². The smallest absolute Gasteiger partial charge is 0.326 e. The van der Waals surface area contributed by atoms with Gasteiger partial charge in [0.1, 0.15) is 11.7 Å². The van der Waals surface area contributed by atoms with Crippen LogP contribution in [0.15, 0.2) is 24.4 Å². The van der Waals surface area contributed by atoms with E-state index in [-0.39, 0.29) is 28.8 Å². The van der Waals surface area contributed by atoms with Crippen molar-refractivity contribution in [2.45, 2.75) is 38.1 Å². The molecule has 1 N–H and O–H groups in total. The van der Waals surface area contributed by atoms with Crippen molar-refractivity contribution < 1.29 is 19.5 Å².